The van der Waals surface area contributed by atoms with Crippen molar-refractivity contribution < 1.29 is 0 Å². The molecule has 2 aromatic rings. The lowest BCUT2D eigenvalue weighted by Crippen LogP contribution is -2.29. The number of rotatable bonds is 7. The molecule has 0 radical (unpaired) electrons. The first-order valence-corrected chi connectivity index (χ1v) is 7.86. The number of nitrogens with zero attached hydrogens (tertiary/aromatic N) is 4. The lowest BCUT2D eigenvalue weighted by molar-refractivity contribution is 0.367. The molecule has 0 saturated carbocycles. The number of halogens is 1. The van der Waals surface area contributed by atoms with Gasteiger partial charge in [-0.3, -0.25) is 4.79 Å². The van der Waals surface area contributed by atoms with Crippen LogP contribution in [0.15, 0.2) is 22.6 Å². The number of hydrogen-bond acceptors (Lipinski definition) is 6. The number of likely N-dealkylation sites (N-methyl/N-ethyl adjacent to an activating group) is 1. The van der Waals surface area contributed by atoms with Gasteiger partial charge < -0.3 is 10.2 Å². The molecule has 2 heterocycles. The molecule has 0 fully saturated rings. The van der Waals surface area contributed by atoms with Gasteiger partial charge in [0, 0.05) is 31.1 Å². The van der Waals surface area contributed by atoms with E-state index in [0.29, 0.717) is 18.8 Å². The van der Waals surface area contributed by atoms with Crippen molar-refractivity contribution in [3.63, 3.8) is 0 Å². The molecule has 2 aromatic heterocycles. The fourth-order valence-corrected chi connectivity index (χ4v) is 2.56. The van der Waals surface area contributed by atoms with Crippen molar-refractivity contribution in [2.75, 3.05) is 32.5 Å². The molecule has 0 unspecified atom stereocenters. The Morgan fingerprint density at radius 1 is 1.48 bits per heavy atom. The second-order valence-electron chi connectivity index (χ2n) is 4.81. The van der Waals surface area contributed by atoms with Crippen molar-refractivity contribution in [2.45, 2.75) is 13.0 Å². The quantitative estimate of drug-likeness (QED) is 0.836. The van der Waals surface area contributed by atoms with Crippen LogP contribution in [0.1, 0.15) is 5.01 Å². The molecule has 1 N–H and O–H groups in total. The number of anilines is 1. The summed E-state index contributed by atoms with van der Waals surface area (Å²) in [5.41, 5.74) is 0.303. The lowest BCUT2D eigenvalue weighted by Gasteiger charge is -2.12. The van der Waals surface area contributed by atoms with Crippen LogP contribution in [0.4, 0.5) is 5.69 Å². The maximum absolute atomic E-state index is 12.1. The van der Waals surface area contributed by atoms with Crippen LogP contribution in [0.5, 0.6) is 0 Å². The number of nitrogens with one attached hydrogen (secondary N) is 1. The monoisotopic (exact) mass is 327 g/mol. The van der Waals surface area contributed by atoms with Crippen LogP contribution < -0.4 is 10.9 Å². The molecule has 0 aliphatic carbocycles. The molecule has 0 aliphatic rings. The highest BCUT2D eigenvalue weighted by molar-refractivity contribution is 7.09. The largest absolute Gasteiger partial charge is 0.382 e. The molecule has 0 saturated heterocycles. The fraction of sp³-hybridized carbons (Fsp3) is 0.462. The number of aromatic nitrogens is 3. The standard InChI is InChI=1S/C13H18ClN5OS/c1-18(2)6-7-19-13(20)12(14)10(9-17-19)15-4-3-11-16-5-8-21-11/h5,8-9,15H,3-4,6-7H2,1-2H3. The molecule has 0 aliphatic heterocycles. The van der Waals surface area contributed by atoms with E-state index in [9.17, 15) is 4.79 Å². The summed E-state index contributed by atoms with van der Waals surface area (Å²) in [5, 5.41) is 10.4. The van der Waals surface area contributed by atoms with E-state index in [1.54, 1.807) is 23.7 Å². The van der Waals surface area contributed by atoms with Gasteiger partial charge in [-0.15, -0.1) is 11.3 Å². The van der Waals surface area contributed by atoms with Crippen molar-refractivity contribution in [1.82, 2.24) is 19.7 Å². The summed E-state index contributed by atoms with van der Waals surface area (Å²) in [5.74, 6) is 0. The van der Waals surface area contributed by atoms with Gasteiger partial charge in [-0.25, -0.2) is 9.67 Å². The predicted molar refractivity (Wildman–Crippen MR) is 86.4 cm³/mol. The van der Waals surface area contributed by atoms with Crippen molar-refractivity contribution in [3.8, 4) is 0 Å². The highest BCUT2D eigenvalue weighted by Gasteiger charge is 2.09. The third-order valence-corrected chi connectivity index (χ3v) is 4.09. The van der Waals surface area contributed by atoms with E-state index in [0.717, 1.165) is 18.0 Å². The zero-order valence-electron chi connectivity index (χ0n) is 12.0. The van der Waals surface area contributed by atoms with Crippen LogP contribution >= 0.6 is 22.9 Å². The molecule has 0 aromatic carbocycles. The van der Waals surface area contributed by atoms with Crippen LogP contribution in [-0.2, 0) is 13.0 Å². The average Bonchev–Trinajstić information content (AvgIpc) is 2.95. The normalized spacial score (nSPS) is 11.0. The molecule has 8 heteroatoms. The van der Waals surface area contributed by atoms with Crippen molar-refractivity contribution in [3.05, 3.63) is 38.2 Å². The topological polar surface area (TPSA) is 63.1 Å². The summed E-state index contributed by atoms with van der Waals surface area (Å²) in [6.45, 7) is 1.92. The van der Waals surface area contributed by atoms with Gasteiger partial charge in [0.2, 0.25) is 0 Å². The Balaban J connectivity index is 1.97. The number of hydrogen-bond donors (Lipinski definition) is 1. The molecular formula is C13H18ClN5OS. The van der Waals surface area contributed by atoms with Gasteiger partial charge in [-0.05, 0) is 14.1 Å². The summed E-state index contributed by atoms with van der Waals surface area (Å²) < 4.78 is 1.38. The Morgan fingerprint density at radius 2 is 2.29 bits per heavy atom. The maximum Gasteiger partial charge on any atom is 0.287 e. The van der Waals surface area contributed by atoms with Crippen molar-refractivity contribution in [1.29, 1.82) is 0 Å². The van der Waals surface area contributed by atoms with E-state index in [-0.39, 0.29) is 10.6 Å². The zero-order valence-corrected chi connectivity index (χ0v) is 13.6. The van der Waals surface area contributed by atoms with Gasteiger partial charge in [-0.2, -0.15) is 5.10 Å². The van der Waals surface area contributed by atoms with Gasteiger partial charge in [0.25, 0.3) is 5.56 Å². The first-order valence-electron chi connectivity index (χ1n) is 6.60. The van der Waals surface area contributed by atoms with Gasteiger partial charge in [0.1, 0.15) is 5.02 Å². The van der Waals surface area contributed by atoms with Gasteiger partial charge in [0.15, 0.2) is 0 Å². The van der Waals surface area contributed by atoms with E-state index < -0.39 is 0 Å². The Bertz CT molecular complexity index is 626. The van der Waals surface area contributed by atoms with Gasteiger partial charge >= 0.3 is 0 Å². The highest BCUT2D eigenvalue weighted by atomic mass is 35.5. The summed E-state index contributed by atoms with van der Waals surface area (Å²) in [6.07, 6.45) is 4.17. The Morgan fingerprint density at radius 3 is 2.95 bits per heavy atom. The van der Waals surface area contributed by atoms with Crippen molar-refractivity contribution >= 4 is 28.6 Å². The third-order valence-electron chi connectivity index (χ3n) is 2.88. The lowest BCUT2D eigenvalue weighted by atomic mass is 10.4. The zero-order chi connectivity index (χ0) is 15.2. The average molecular weight is 328 g/mol. The van der Waals surface area contributed by atoms with Crippen LogP contribution in [0.2, 0.25) is 5.02 Å². The summed E-state index contributed by atoms with van der Waals surface area (Å²) >= 11 is 7.72. The van der Waals surface area contributed by atoms with Crippen LogP contribution in [-0.4, -0.2) is 46.8 Å². The smallest absolute Gasteiger partial charge is 0.287 e. The fourth-order valence-electron chi connectivity index (χ4n) is 1.72. The van der Waals surface area contributed by atoms with Crippen molar-refractivity contribution in [2.24, 2.45) is 0 Å². The summed E-state index contributed by atoms with van der Waals surface area (Å²) in [4.78, 5) is 18.3. The minimum atomic E-state index is -0.266. The van der Waals surface area contributed by atoms with E-state index in [1.807, 2.05) is 24.4 Å². The predicted octanol–water partition coefficient (Wildman–Crippen LogP) is 1.57. The van der Waals surface area contributed by atoms with E-state index in [2.05, 4.69) is 15.4 Å². The SMILES string of the molecule is CN(C)CCn1ncc(NCCc2nccs2)c(Cl)c1=O. The first-order chi connectivity index (χ1) is 10.1. The van der Waals surface area contributed by atoms with E-state index >= 15 is 0 Å². The maximum atomic E-state index is 12.1. The van der Waals surface area contributed by atoms with Gasteiger partial charge in [-0.1, -0.05) is 11.6 Å². The molecule has 114 valence electrons. The second-order valence-corrected chi connectivity index (χ2v) is 6.16. The Kier molecular flexibility index (Phi) is 5.72. The van der Waals surface area contributed by atoms with Crippen LogP contribution in [0.25, 0.3) is 0 Å². The molecule has 0 amide bonds. The third kappa shape index (κ3) is 4.52. The molecule has 0 spiro atoms. The molecular weight excluding hydrogens is 310 g/mol. The van der Waals surface area contributed by atoms with Gasteiger partial charge in [0.05, 0.1) is 23.4 Å². The minimum absolute atomic E-state index is 0.183. The second kappa shape index (κ2) is 7.53. The highest BCUT2D eigenvalue weighted by Crippen LogP contribution is 2.15. The van der Waals surface area contributed by atoms with E-state index in [1.165, 1.54) is 4.68 Å². The molecule has 0 atom stereocenters. The van der Waals surface area contributed by atoms with Crippen LogP contribution in [0.3, 0.4) is 0 Å². The first kappa shape index (κ1) is 15.9. The molecule has 6 nitrogen and oxygen atoms in total. The minimum Gasteiger partial charge on any atom is -0.382 e. The van der Waals surface area contributed by atoms with Crippen LogP contribution in [0, 0.1) is 0 Å². The molecule has 0 bridgehead atoms. The summed E-state index contributed by atoms with van der Waals surface area (Å²) in [6, 6.07) is 0. The molecule has 2 rings (SSSR count). The Hall–Kier alpha value is -1.44. The molecule has 21 heavy (non-hydrogen) atoms. The van der Waals surface area contributed by atoms with E-state index in [4.69, 9.17) is 11.6 Å². The Labute approximate surface area is 132 Å². The number of thiazole rings is 1. The summed E-state index contributed by atoms with van der Waals surface area (Å²) in [7, 11) is 3.89.